The first-order chi connectivity index (χ1) is 8.72. The lowest BCUT2D eigenvalue weighted by molar-refractivity contribution is -0.241. The average molecular weight is 253 g/mol. The molecular formula is C13H17O5. The zero-order valence-corrected chi connectivity index (χ0v) is 10.6. The summed E-state index contributed by atoms with van der Waals surface area (Å²) in [6, 6.07) is 4.86. The number of carbonyl (C=O) groups excluding carboxylic acids is 1. The fourth-order valence-electron chi connectivity index (χ4n) is 1.27. The van der Waals surface area contributed by atoms with E-state index in [1.807, 2.05) is 0 Å². The van der Waals surface area contributed by atoms with Crippen molar-refractivity contribution >= 4 is 5.97 Å². The second-order valence-electron chi connectivity index (χ2n) is 3.47. The van der Waals surface area contributed by atoms with Gasteiger partial charge in [-0.3, -0.25) is 4.89 Å². The van der Waals surface area contributed by atoms with E-state index in [0.29, 0.717) is 18.1 Å². The summed E-state index contributed by atoms with van der Waals surface area (Å²) >= 11 is 0. The van der Waals surface area contributed by atoms with Crippen molar-refractivity contribution in [1.82, 2.24) is 0 Å². The molecule has 18 heavy (non-hydrogen) atoms. The van der Waals surface area contributed by atoms with E-state index in [0.717, 1.165) is 12.8 Å². The van der Waals surface area contributed by atoms with Crippen molar-refractivity contribution in [2.45, 2.75) is 12.8 Å². The van der Waals surface area contributed by atoms with Gasteiger partial charge in [-0.15, -0.1) is 0 Å². The molecule has 0 fully saturated rings. The number of methoxy groups -OCH3 is 2. The van der Waals surface area contributed by atoms with Crippen LogP contribution in [0.25, 0.3) is 0 Å². The van der Waals surface area contributed by atoms with Gasteiger partial charge in [-0.2, -0.15) is 4.89 Å². The van der Waals surface area contributed by atoms with E-state index < -0.39 is 5.97 Å². The lowest BCUT2D eigenvalue weighted by Crippen LogP contribution is -2.08. The van der Waals surface area contributed by atoms with Gasteiger partial charge in [0.05, 0.1) is 20.8 Å². The second-order valence-corrected chi connectivity index (χ2v) is 3.47. The largest absolute Gasteiger partial charge is 0.497 e. The van der Waals surface area contributed by atoms with Crippen LogP contribution in [0.15, 0.2) is 18.2 Å². The van der Waals surface area contributed by atoms with Crippen LogP contribution in [0.4, 0.5) is 0 Å². The molecular weight excluding hydrogens is 236 g/mol. The molecule has 0 amide bonds. The third-order valence-electron chi connectivity index (χ3n) is 2.24. The Balaban J connectivity index is 2.70. The van der Waals surface area contributed by atoms with Gasteiger partial charge in [0.2, 0.25) is 0 Å². The minimum absolute atomic E-state index is 0.256. The van der Waals surface area contributed by atoms with E-state index in [9.17, 15) is 4.79 Å². The van der Waals surface area contributed by atoms with Gasteiger partial charge in [-0.05, 0) is 24.6 Å². The molecule has 1 aromatic rings. The number of hydrogen-bond acceptors (Lipinski definition) is 5. The molecule has 0 N–H and O–H groups in total. The summed E-state index contributed by atoms with van der Waals surface area (Å²) in [5.41, 5.74) is 0.256. The Morgan fingerprint density at radius 3 is 2.67 bits per heavy atom. The number of ether oxygens (including phenoxy) is 2. The minimum atomic E-state index is -0.616. The Hall–Kier alpha value is -1.75. The molecule has 1 aromatic carbocycles. The maximum Gasteiger partial charge on any atom is 0.376 e. The highest BCUT2D eigenvalue weighted by Crippen LogP contribution is 2.24. The molecule has 0 aliphatic heterocycles. The summed E-state index contributed by atoms with van der Waals surface area (Å²) in [5, 5.41) is 0. The fraction of sp³-hybridized carbons (Fsp3) is 0.385. The molecule has 0 aromatic heterocycles. The third-order valence-corrected chi connectivity index (χ3v) is 2.24. The number of hydrogen-bond donors (Lipinski definition) is 0. The van der Waals surface area contributed by atoms with Crippen molar-refractivity contribution in [3.8, 4) is 11.5 Å². The summed E-state index contributed by atoms with van der Waals surface area (Å²) in [6.45, 7) is 3.97. The molecule has 99 valence electrons. The van der Waals surface area contributed by atoms with Gasteiger partial charge < -0.3 is 9.47 Å². The molecule has 0 aliphatic rings. The number of rotatable bonds is 7. The SMILES string of the molecule is [CH2]CCCOOC(=O)c1cc(OC)ccc1OC. The van der Waals surface area contributed by atoms with Crippen LogP contribution in [0, 0.1) is 6.92 Å². The lowest BCUT2D eigenvalue weighted by atomic mass is 10.2. The molecule has 1 rings (SSSR count). The summed E-state index contributed by atoms with van der Waals surface area (Å²) in [6.07, 6.45) is 1.45. The van der Waals surface area contributed by atoms with Crippen LogP contribution >= 0.6 is 0 Å². The molecule has 5 nitrogen and oxygen atoms in total. The highest BCUT2D eigenvalue weighted by molar-refractivity contribution is 5.92. The molecule has 0 saturated carbocycles. The molecule has 0 saturated heterocycles. The predicted molar refractivity (Wildman–Crippen MR) is 65.5 cm³/mol. The predicted octanol–water partition coefficient (Wildman–Crippen LogP) is 2.41. The van der Waals surface area contributed by atoms with Crippen LogP contribution in [0.5, 0.6) is 11.5 Å². The van der Waals surface area contributed by atoms with E-state index in [4.69, 9.17) is 14.4 Å². The van der Waals surface area contributed by atoms with Crippen molar-refractivity contribution in [2.75, 3.05) is 20.8 Å². The summed E-state index contributed by atoms with van der Waals surface area (Å²) in [7, 11) is 2.99. The van der Waals surface area contributed by atoms with Gasteiger partial charge in [0, 0.05) is 0 Å². The van der Waals surface area contributed by atoms with Crippen LogP contribution in [0.2, 0.25) is 0 Å². The quantitative estimate of drug-likeness (QED) is 0.424. The van der Waals surface area contributed by atoms with Crippen molar-refractivity contribution in [2.24, 2.45) is 0 Å². The van der Waals surface area contributed by atoms with Gasteiger partial charge in [0.25, 0.3) is 0 Å². The number of unbranched alkanes of at least 4 members (excludes halogenated alkanes) is 1. The van der Waals surface area contributed by atoms with Crippen LogP contribution in [-0.2, 0) is 9.78 Å². The van der Waals surface area contributed by atoms with Crippen molar-refractivity contribution < 1.29 is 24.0 Å². The molecule has 0 spiro atoms. The van der Waals surface area contributed by atoms with Crippen LogP contribution in [0.1, 0.15) is 23.2 Å². The molecule has 5 heteroatoms. The maximum atomic E-state index is 11.8. The first kappa shape index (κ1) is 14.3. The van der Waals surface area contributed by atoms with Crippen molar-refractivity contribution in [1.29, 1.82) is 0 Å². The Kier molecular flexibility index (Phi) is 6.00. The maximum absolute atomic E-state index is 11.8. The Morgan fingerprint density at radius 1 is 1.28 bits per heavy atom. The van der Waals surface area contributed by atoms with Gasteiger partial charge in [-0.25, -0.2) is 4.79 Å². The first-order valence-electron chi connectivity index (χ1n) is 5.58. The van der Waals surface area contributed by atoms with E-state index in [-0.39, 0.29) is 5.56 Å². The van der Waals surface area contributed by atoms with E-state index in [1.54, 1.807) is 12.1 Å². The van der Waals surface area contributed by atoms with E-state index in [1.165, 1.54) is 20.3 Å². The molecule has 0 atom stereocenters. The molecule has 0 aliphatic carbocycles. The summed E-state index contributed by atoms with van der Waals surface area (Å²) in [4.78, 5) is 21.2. The van der Waals surface area contributed by atoms with Crippen LogP contribution in [0.3, 0.4) is 0 Å². The smallest absolute Gasteiger partial charge is 0.376 e. The Bertz CT molecular complexity index is 389. The fourth-order valence-corrected chi connectivity index (χ4v) is 1.27. The minimum Gasteiger partial charge on any atom is -0.497 e. The van der Waals surface area contributed by atoms with Crippen LogP contribution < -0.4 is 9.47 Å². The van der Waals surface area contributed by atoms with Gasteiger partial charge in [0.1, 0.15) is 17.1 Å². The molecule has 1 radical (unpaired) electrons. The van der Waals surface area contributed by atoms with Crippen LogP contribution in [-0.4, -0.2) is 26.8 Å². The zero-order chi connectivity index (χ0) is 13.4. The second kappa shape index (κ2) is 7.55. The Morgan fingerprint density at radius 2 is 2.06 bits per heavy atom. The van der Waals surface area contributed by atoms with Crippen molar-refractivity contribution in [3.63, 3.8) is 0 Å². The monoisotopic (exact) mass is 253 g/mol. The van der Waals surface area contributed by atoms with E-state index in [2.05, 4.69) is 11.8 Å². The standard InChI is InChI=1S/C13H17O5/c1-4-5-8-17-18-13(14)11-9-10(15-2)6-7-12(11)16-3/h6-7,9H,1,4-5,8H2,2-3H3. The first-order valence-corrected chi connectivity index (χ1v) is 5.58. The third kappa shape index (κ3) is 3.92. The summed E-state index contributed by atoms with van der Waals surface area (Å²) < 4.78 is 10.1. The zero-order valence-electron chi connectivity index (χ0n) is 10.6. The topological polar surface area (TPSA) is 54.0 Å². The lowest BCUT2D eigenvalue weighted by Gasteiger charge is -2.09. The van der Waals surface area contributed by atoms with Gasteiger partial charge in [-0.1, -0.05) is 13.3 Å². The highest BCUT2D eigenvalue weighted by atomic mass is 17.2. The molecule has 0 bridgehead atoms. The van der Waals surface area contributed by atoms with Crippen molar-refractivity contribution in [3.05, 3.63) is 30.7 Å². The van der Waals surface area contributed by atoms with Gasteiger partial charge in [0.15, 0.2) is 0 Å². The molecule has 0 unspecified atom stereocenters. The number of benzene rings is 1. The highest BCUT2D eigenvalue weighted by Gasteiger charge is 2.16. The Labute approximate surface area is 107 Å². The number of carbonyl (C=O) groups is 1. The average Bonchev–Trinajstić information content (AvgIpc) is 2.42. The summed E-state index contributed by atoms with van der Waals surface area (Å²) in [5.74, 6) is 0.330. The normalized spacial score (nSPS) is 9.94. The van der Waals surface area contributed by atoms with E-state index >= 15 is 0 Å². The molecule has 0 heterocycles. The van der Waals surface area contributed by atoms with Gasteiger partial charge >= 0.3 is 5.97 Å².